The Labute approximate surface area is 166 Å². The van der Waals surface area contributed by atoms with Gasteiger partial charge < -0.3 is 9.73 Å². The van der Waals surface area contributed by atoms with Crippen LogP contribution < -0.4 is 16.2 Å². The van der Waals surface area contributed by atoms with Crippen LogP contribution in [-0.4, -0.2) is 35.8 Å². The summed E-state index contributed by atoms with van der Waals surface area (Å²) in [6, 6.07) is 4.13. The van der Waals surface area contributed by atoms with Crippen molar-refractivity contribution in [3.05, 3.63) is 45.5 Å². The van der Waals surface area contributed by atoms with Crippen molar-refractivity contribution in [3.63, 3.8) is 0 Å². The first kappa shape index (κ1) is 21.0. The first-order chi connectivity index (χ1) is 13.0. The summed E-state index contributed by atoms with van der Waals surface area (Å²) >= 11 is 2.96. The number of thiophene rings is 1. The van der Waals surface area contributed by atoms with Crippen LogP contribution in [0.3, 0.4) is 0 Å². The topological polar surface area (TPSA) is 100 Å². The third kappa shape index (κ3) is 5.86. The predicted molar refractivity (Wildman–Crippen MR) is 107 cm³/mol. The van der Waals surface area contributed by atoms with E-state index in [1.807, 2.05) is 20.1 Å². The molecule has 1 unspecified atom stereocenters. The average Bonchev–Trinajstić information content (AvgIpc) is 3.32. The summed E-state index contributed by atoms with van der Waals surface area (Å²) < 4.78 is 5.04. The van der Waals surface area contributed by atoms with Crippen molar-refractivity contribution < 1.29 is 18.8 Å². The zero-order chi connectivity index (χ0) is 19.8. The van der Waals surface area contributed by atoms with Crippen LogP contribution in [0.5, 0.6) is 0 Å². The van der Waals surface area contributed by atoms with Crippen LogP contribution in [0, 0.1) is 6.92 Å². The highest BCUT2D eigenvalue weighted by atomic mass is 32.2. The van der Waals surface area contributed by atoms with E-state index in [1.165, 1.54) is 23.7 Å². The molecule has 146 valence electrons. The maximum atomic E-state index is 12.4. The maximum absolute atomic E-state index is 12.4. The third-order valence-electron chi connectivity index (χ3n) is 3.84. The van der Waals surface area contributed by atoms with Gasteiger partial charge in [-0.1, -0.05) is 6.92 Å². The largest absolute Gasteiger partial charge is 0.459 e. The zero-order valence-electron chi connectivity index (χ0n) is 15.5. The molecule has 2 rings (SSSR count). The molecule has 0 saturated heterocycles. The Bertz CT molecular complexity index is 787. The summed E-state index contributed by atoms with van der Waals surface area (Å²) in [6.07, 6.45) is 4.58. The van der Waals surface area contributed by atoms with E-state index >= 15 is 0 Å². The first-order valence-corrected chi connectivity index (χ1v) is 10.7. The molecule has 0 fully saturated rings. The second-order valence-corrected chi connectivity index (χ2v) is 7.92. The highest BCUT2D eigenvalue weighted by molar-refractivity contribution is 7.98. The quantitative estimate of drug-likeness (QED) is 0.582. The van der Waals surface area contributed by atoms with Crippen molar-refractivity contribution in [2.24, 2.45) is 0 Å². The maximum Gasteiger partial charge on any atom is 0.287 e. The van der Waals surface area contributed by atoms with Crippen LogP contribution in [0.1, 0.15) is 44.0 Å². The van der Waals surface area contributed by atoms with E-state index in [0.29, 0.717) is 17.1 Å². The lowest BCUT2D eigenvalue weighted by Gasteiger charge is -2.17. The summed E-state index contributed by atoms with van der Waals surface area (Å²) in [5.41, 5.74) is 5.88. The molecule has 0 saturated carbocycles. The van der Waals surface area contributed by atoms with E-state index in [-0.39, 0.29) is 11.7 Å². The van der Waals surface area contributed by atoms with E-state index in [0.717, 1.165) is 16.9 Å². The number of furan rings is 1. The number of hydrazine groups is 1. The van der Waals surface area contributed by atoms with E-state index in [4.69, 9.17) is 4.42 Å². The van der Waals surface area contributed by atoms with Gasteiger partial charge in [-0.25, -0.2) is 0 Å². The molecule has 0 spiro atoms. The zero-order valence-corrected chi connectivity index (χ0v) is 17.1. The first-order valence-electron chi connectivity index (χ1n) is 8.49. The molecule has 2 heterocycles. The Balaban J connectivity index is 1.95. The van der Waals surface area contributed by atoms with Gasteiger partial charge in [0.05, 0.1) is 11.1 Å². The second kappa shape index (κ2) is 10.2. The molecule has 1 atom stereocenters. The van der Waals surface area contributed by atoms with Gasteiger partial charge in [0.15, 0.2) is 5.76 Å². The minimum Gasteiger partial charge on any atom is -0.459 e. The molecule has 3 amide bonds. The SMILES string of the molecule is CCc1sc(C(=O)NNC(=O)C(CCSC)NC(=O)c2ccco2)cc1C. The highest BCUT2D eigenvalue weighted by Crippen LogP contribution is 2.22. The van der Waals surface area contributed by atoms with Crippen LogP contribution >= 0.6 is 23.1 Å². The van der Waals surface area contributed by atoms with Crippen molar-refractivity contribution in [2.75, 3.05) is 12.0 Å². The summed E-state index contributed by atoms with van der Waals surface area (Å²) in [5, 5.41) is 2.63. The fourth-order valence-corrected chi connectivity index (χ4v) is 3.87. The molecule has 0 aliphatic heterocycles. The number of amides is 3. The van der Waals surface area contributed by atoms with Crippen molar-refractivity contribution in [3.8, 4) is 0 Å². The van der Waals surface area contributed by atoms with Gasteiger partial charge in [0.2, 0.25) is 0 Å². The Kier molecular flexibility index (Phi) is 7.93. The molecular formula is C18H23N3O4S2. The normalized spacial score (nSPS) is 11.7. The molecule has 0 aliphatic rings. The number of carbonyl (C=O) groups excluding carboxylic acids is 3. The summed E-state index contributed by atoms with van der Waals surface area (Å²) in [6.45, 7) is 3.98. The molecule has 0 bridgehead atoms. The Hall–Kier alpha value is -2.26. The second-order valence-electron chi connectivity index (χ2n) is 5.80. The van der Waals surface area contributed by atoms with E-state index in [1.54, 1.807) is 23.9 Å². The van der Waals surface area contributed by atoms with Gasteiger partial charge in [0, 0.05) is 4.88 Å². The summed E-state index contributed by atoms with van der Waals surface area (Å²) in [7, 11) is 0. The van der Waals surface area contributed by atoms with Gasteiger partial charge >= 0.3 is 0 Å². The minimum atomic E-state index is -0.786. The van der Waals surface area contributed by atoms with Gasteiger partial charge in [-0.15, -0.1) is 11.3 Å². The summed E-state index contributed by atoms with van der Waals surface area (Å²) in [5.74, 6) is -0.538. The standard InChI is InChI=1S/C18H23N3O4S2/c1-4-14-11(2)10-15(27-14)18(24)21-20-16(22)12(7-9-26-3)19-17(23)13-6-5-8-25-13/h5-6,8,10,12H,4,7,9H2,1-3H3,(H,19,23)(H,20,22)(H,21,24). The van der Waals surface area contributed by atoms with Gasteiger partial charge in [-0.3, -0.25) is 25.2 Å². The average molecular weight is 410 g/mol. The molecular weight excluding hydrogens is 386 g/mol. The number of carbonyl (C=O) groups is 3. The number of aryl methyl sites for hydroxylation is 2. The lowest BCUT2D eigenvalue weighted by atomic mass is 10.2. The van der Waals surface area contributed by atoms with E-state index in [2.05, 4.69) is 16.2 Å². The van der Waals surface area contributed by atoms with Crippen LogP contribution in [-0.2, 0) is 11.2 Å². The van der Waals surface area contributed by atoms with Gasteiger partial charge in [0.25, 0.3) is 17.7 Å². The van der Waals surface area contributed by atoms with Crippen LogP contribution in [0.2, 0.25) is 0 Å². The highest BCUT2D eigenvalue weighted by Gasteiger charge is 2.23. The molecule has 2 aromatic rings. The molecule has 0 aromatic carbocycles. The van der Waals surface area contributed by atoms with Crippen LogP contribution in [0.25, 0.3) is 0 Å². The predicted octanol–water partition coefficient (Wildman–Crippen LogP) is 2.52. The minimum absolute atomic E-state index is 0.127. The molecule has 0 radical (unpaired) electrons. The fraction of sp³-hybridized carbons (Fsp3) is 0.389. The molecule has 27 heavy (non-hydrogen) atoms. The van der Waals surface area contributed by atoms with E-state index in [9.17, 15) is 14.4 Å². The lowest BCUT2D eigenvalue weighted by Crippen LogP contribution is -2.52. The van der Waals surface area contributed by atoms with Crippen molar-refractivity contribution >= 4 is 40.8 Å². The Morgan fingerprint density at radius 1 is 1.26 bits per heavy atom. The Morgan fingerprint density at radius 3 is 2.63 bits per heavy atom. The van der Waals surface area contributed by atoms with Crippen molar-refractivity contribution in [1.82, 2.24) is 16.2 Å². The van der Waals surface area contributed by atoms with E-state index < -0.39 is 17.9 Å². The molecule has 9 heteroatoms. The smallest absolute Gasteiger partial charge is 0.287 e. The fourth-order valence-electron chi connectivity index (χ4n) is 2.39. The molecule has 2 aromatic heterocycles. The molecule has 3 N–H and O–H groups in total. The van der Waals surface area contributed by atoms with Gasteiger partial charge in [0.1, 0.15) is 6.04 Å². The third-order valence-corrected chi connectivity index (χ3v) is 5.87. The number of hydrogen-bond donors (Lipinski definition) is 3. The number of nitrogens with one attached hydrogen (secondary N) is 3. The van der Waals surface area contributed by atoms with Crippen LogP contribution in [0.15, 0.2) is 28.9 Å². The molecule has 7 nitrogen and oxygen atoms in total. The Morgan fingerprint density at radius 2 is 2.04 bits per heavy atom. The monoisotopic (exact) mass is 409 g/mol. The summed E-state index contributed by atoms with van der Waals surface area (Å²) in [4.78, 5) is 38.5. The molecule has 0 aliphatic carbocycles. The lowest BCUT2D eigenvalue weighted by molar-refractivity contribution is -0.123. The van der Waals surface area contributed by atoms with Crippen molar-refractivity contribution in [1.29, 1.82) is 0 Å². The van der Waals surface area contributed by atoms with Gasteiger partial charge in [-0.2, -0.15) is 11.8 Å². The number of hydrogen-bond acceptors (Lipinski definition) is 6. The number of thioether (sulfide) groups is 1. The van der Waals surface area contributed by atoms with Gasteiger partial charge in [-0.05, 0) is 55.5 Å². The van der Waals surface area contributed by atoms with Crippen LogP contribution in [0.4, 0.5) is 0 Å². The van der Waals surface area contributed by atoms with Crippen molar-refractivity contribution in [2.45, 2.75) is 32.7 Å². The number of rotatable bonds is 8.